The van der Waals surface area contributed by atoms with Crippen molar-refractivity contribution >= 4 is 35.1 Å². The largest absolute Gasteiger partial charge is 0.507 e. The Morgan fingerprint density at radius 1 is 1.45 bits per heavy atom. The Kier molecular flexibility index (Phi) is 4.97. The standard InChI is InChI=1S/C13H12ClN3O2S/c14-10-3-4-12(18)9(6-10)7-16-17-13(20)15-8-11-2-1-5-19-11/h1-7,18H,8H2,(H2,15,17,20)/b16-7+. The quantitative estimate of drug-likeness (QED) is 0.460. The van der Waals surface area contributed by atoms with Crippen LogP contribution in [0, 0.1) is 0 Å². The van der Waals surface area contributed by atoms with Crippen LogP contribution in [0.25, 0.3) is 0 Å². The molecule has 0 aliphatic carbocycles. The molecule has 0 saturated carbocycles. The van der Waals surface area contributed by atoms with Gasteiger partial charge in [-0.1, -0.05) is 11.6 Å². The Labute approximate surface area is 126 Å². The van der Waals surface area contributed by atoms with Crippen LogP contribution >= 0.6 is 23.8 Å². The van der Waals surface area contributed by atoms with E-state index in [4.69, 9.17) is 28.2 Å². The Morgan fingerprint density at radius 3 is 3.05 bits per heavy atom. The fraction of sp³-hybridized carbons (Fsp3) is 0.0769. The summed E-state index contributed by atoms with van der Waals surface area (Å²) in [6, 6.07) is 8.33. The Bertz CT molecular complexity index is 614. The lowest BCUT2D eigenvalue weighted by molar-refractivity contribution is 0.474. The van der Waals surface area contributed by atoms with Crippen molar-refractivity contribution in [2.75, 3.05) is 0 Å². The van der Waals surface area contributed by atoms with E-state index in [1.807, 2.05) is 6.07 Å². The van der Waals surface area contributed by atoms with Crippen LogP contribution in [0.2, 0.25) is 5.02 Å². The van der Waals surface area contributed by atoms with Crippen LogP contribution in [0.1, 0.15) is 11.3 Å². The first-order valence-electron chi connectivity index (χ1n) is 5.73. The molecule has 0 radical (unpaired) electrons. The molecule has 7 heteroatoms. The minimum atomic E-state index is 0.0920. The van der Waals surface area contributed by atoms with Crippen molar-refractivity contribution in [3.8, 4) is 5.75 Å². The van der Waals surface area contributed by atoms with Crippen molar-refractivity contribution in [3.63, 3.8) is 0 Å². The zero-order valence-corrected chi connectivity index (χ0v) is 11.9. The summed E-state index contributed by atoms with van der Waals surface area (Å²) in [6.07, 6.45) is 3.02. The molecule has 5 nitrogen and oxygen atoms in total. The molecule has 104 valence electrons. The number of halogens is 1. The van der Waals surface area contributed by atoms with Gasteiger partial charge in [0.25, 0.3) is 0 Å². The third-order valence-electron chi connectivity index (χ3n) is 2.36. The molecule has 0 atom stereocenters. The van der Waals surface area contributed by atoms with Crippen molar-refractivity contribution in [1.29, 1.82) is 0 Å². The van der Waals surface area contributed by atoms with E-state index in [1.54, 1.807) is 24.5 Å². The predicted molar refractivity (Wildman–Crippen MR) is 82.0 cm³/mol. The van der Waals surface area contributed by atoms with Gasteiger partial charge in [-0.25, -0.2) is 0 Å². The lowest BCUT2D eigenvalue weighted by Crippen LogP contribution is -2.31. The van der Waals surface area contributed by atoms with E-state index < -0.39 is 0 Å². The van der Waals surface area contributed by atoms with Gasteiger partial charge >= 0.3 is 0 Å². The number of phenols is 1. The van der Waals surface area contributed by atoms with Gasteiger partial charge in [0.1, 0.15) is 11.5 Å². The maximum atomic E-state index is 9.59. The highest BCUT2D eigenvalue weighted by Gasteiger charge is 2.00. The molecule has 0 spiro atoms. The Morgan fingerprint density at radius 2 is 2.30 bits per heavy atom. The predicted octanol–water partition coefficient (Wildman–Crippen LogP) is 2.64. The van der Waals surface area contributed by atoms with E-state index >= 15 is 0 Å². The second kappa shape index (κ2) is 6.93. The molecule has 1 heterocycles. The summed E-state index contributed by atoms with van der Waals surface area (Å²) in [6.45, 7) is 0.469. The molecule has 20 heavy (non-hydrogen) atoms. The fourth-order valence-corrected chi connectivity index (χ4v) is 1.71. The van der Waals surface area contributed by atoms with Crippen molar-refractivity contribution in [3.05, 3.63) is 52.9 Å². The third-order valence-corrected chi connectivity index (χ3v) is 2.83. The number of phenolic OH excluding ortho intramolecular Hbond substituents is 1. The average molecular weight is 310 g/mol. The number of thiocarbonyl (C=S) groups is 1. The number of aromatic hydroxyl groups is 1. The van der Waals surface area contributed by atoms with Crippen molar-refractivity contribution in [1.82, 2.24) is 10.7 Å². The number of hydrogen-bond acceptors (Lipinski definition) is 4. The molecule has 0 aliphatic rings. The molecule has 3 N–H and O–H groups in total. The molecule has 1 aromatic carbocycles. The van der Waals surface area contributed by atoms with Gasteiger partial charge in [-0.2, -0.15) is 5.10 Å². The number of benzene rings is 1. The number of hydrogen-bond donors (Lipinski definition) is 3. The summed E-state index contributed by atoms with van der Waals surface area (Å²) < 4.78 is 5.15. The summed E-state index contributed by atoms with van der Waals surface area (Å²) in [7, 11) is 0. The molecular weight excluding hydrogens is 298 g/mol. The highest BCUT2D eigenvalue weighted by atomic mass is 35.5. The lowest BCUT2D eigenvalue weighted by atomic mass is 10.2. The van der Waals surface area contributed by atoms with Crippen LogP contribution in [-0.2, 0) is 6.54 Å². The third kappa shape index (κ3) is 4.25. The second-order valence-corrected chi connectivity index (χ2v) is 4.68. The number of nitrogens with zero attached hydrogens (tertiary/aromatic N) is 1. The van der Waals surface area contributed by atoms with Crippen molar-refractivity contribution < 1.29 is 9.52 Å². The van der Waals surface area contributed by atoms with Gasteiger partial charge in [0.2, 0.25) is 0 Å². The van der Waals surface area contributed by atoms with Crippen LogP contribution in [-0.4, -0.2) is 16.4 Å². The highest BCUT2D eigenvalue weighted by Crippen LogP contribution is 2.19. The number of hydrazone groups is 1. The second-order valence-electron chi connectivity index (χ2n) is 3.84. The van der Waals surface area contributed by atoms with Crippen molar-refractivity contribution in [2.24, 2.45) is 5.10 Å². The van der Waals surface area contributed by atoms with E-state index in [0.29, 0.717) is 22.2 Å². The lowest BCUT2D eigenvalue weighted by Gasteiger charge is -2.05. The van der Waals surface area contributed by atoms with Crippen LogP contribution in [0.3, 0.4) is 0 Å². The first kappa shape index (κ1) is 14.4. The molecule has 0 saturated heterocycles. The highest BCUT2D eigenvalue weighted by molar-refractivity contribution is 7.80. The van der Waals surface area contributed by atoms with E-state index in [9.17, 15) is 5.11 Å². The zero-order chi connectivity index (χ0) is 14.4. The van der Waals surface area contributed by atoms with Gasteiger partial charge in [0, 0.05) is 10.6 Å². The molecule has 0 fully saturated rings. The zero-order valence-electron chi connectivity index (χ0n) is 10.3. The van der Waals surface area contributed by atoms with Crippen LogP contribution in [0.4, 0.5) is 0 Å². The molecule has 2 aromatic rings. The van der Waals surface area contributed by atoms with Gasteiger partial charge in [-0.05, 0) is 42.5 Å². The summed E-state index contributed by atoms with van der Waals surface area (Å²) in [4.78, 5) is 0. The first-order chi connectivity index (χ1) is 9.65. The van der Waals surface area contributed by atoms with Gasteiger partial charge in [-0.3, -0.25) is 5.43 Å². The smallest absolute Gasteiger partial charge is 0.187 e. The van der Waals surface area contributed by atoms with E-state index in [1.165, 1.54) is 12.3 Å². The van der Waals surface area contributed by atoms with Gasteiger partial charge in [0.15, 0.2) is 5.11 Å². The van der Waals surface area contributed by atoms with Crippen LogP contribution in [0.5, 0.6) is 5.75 Å². The number of rotatable bonds is 4. The summed E-state index contributed by atoms with van der Waals surface area (Å²) in [5, 5.41) is 17.3. The SMILES string of the molecule is Oc1ccc(Cl)cc1/C=N/NC(=S)NCc1ccco1. The summed E-state index contributed by atoms with van der Waals surface area (Å²) in [5.74, 6) is 0.861. The van der Waals surface area contributed by atoms with Gasteiger partial charge in [0.05, 0.1) is 19.0 Å². The maximum Gasteiger partial charge on any atom is 0.187 e. The maximum absolute atomic E-state index is 9.59. The first-order valence-corrected chi connectivity index (χ1v) is 6.51. The fourth-order valence-electron chi connectivity index (χ4n) is 1.41. The average Bonchev–Trinajstić information content (AvgIpc) is 2.93. The minimum Gasteiger partial charge on any atom is -0.507 e. The molecule has 2 rings (SSSR count). The Hall–Kier alpha value is -2.05. The van der Waals surface area contributed by atoms with E-state index in [0.717, 1.165) is 5.76 Å². The van der Waals surface area contributed by atoms with E-state index in [2.05, 4.69) is 15.8 Å². The molecule has 0 unspecified atom stereocenters. The normalized spacial score (nSPS) is 10.7. The molecule has 1 aromatic heterocycles. The molecule has 0 aliphatic heterocycles. The number of nitrogens with one attached hydrogen (secondary N) is 2. The van der Waals surface area contributed by atoms with Crippen molar-refractivity contribution in [2.45, 2.75) is 6.54 Å². The topological polar surface area (TPSA) is 69.8 Å². The molecule has 0 amide bonds. The monoisotopic (exact) mass is 309 g/mol. The Balaban J connectivity index is 1.83. The summed E-state index contributed by atoms with van der Waals surface area (Å²) >= 11 is 10.9. The van der Waals surface area contributed by atoms with Gasteiger partial charge < -0.3 is 14.8 Å². The van der Waals surface area contributed by atoms with E-state index in [-0.39, 0.29) is 5.75 Å². The van der Waals surface area contributed by atoms with Gasteiger partial charge in [-0.15, -0.1) is 0 Å². The van der Waals surface area contributed by atoms with Crippen LogP contribution in [0.15, 0.2) is 46.1 Å². The van der Waals surface area contributed by atoms with Crippen LogP contribution < -0.4 is 10.7 Å². The minimum absolute atomic E-state index is 0.0920. The number of furan rings is 1. The summed E-state index contributed by atoms with van der Waals surface area (Å²) in [5.41, 5.74) is 3.13. The molecular formula is C13H12ClN3O2S. The molecule has 0 bridgehead atoms.